The Bertz CT molecular complexity index is 663. The van der Waals surface area contributed by atoms with Crippen LogP contribution >= 0.6 is 15.9 Å². The summed E-state index contributed by atoms with van der Waals surface area (Å²) in [7, 11) is 0. The third kappa shape index (κ3) is 3.59. The van der Waals surface area contributed by atoms with Gasteiger partial charge >= 0.3 is 0 Å². The molecule has 2 bridgehead atoms. The molecule has 2 aliphatic carbocycles. The first-order chi connectivity index (χ1) is 12.1. The lowest BCUT2D eigenvalue weighted by atomic mass is 9.86. The lowest BCUT2D eigenvalue weighted by Gasteiger charge is -2.35. The maximum atomic E-state index is 12.9. The highest BCUT2D eigenvalue weighted by molar-refractivity contribution is 9.10. The number of pyridine rings is 1. The zero-order valence-electron chi connectivity index (χ0n) is 14.3. The van der Waals surface area contributed by atoms with E-state index < -0.39 is 0 Å². The van der Waals surface area contributed by atoms with E-state index in [0.29, 0.717) is 24.2 Å². The van der Waals surface area contributed by atoms with Crippen molar-refractivity contribution in [2.75, 3.05) is 18.4 Å². The lowest BCUT2D eigenvalue weighted by Crippen LogP contribution is -2.46. The quantitative estimate of drug-likeness (QED) is 0.837. The fourth-order valence-electron chi connectivity index (χ4n) is 4.85. The van der Waals surface area contributed by atoms with E-state index >= 15 is 0 Å². The van der Waals surface area contributed by atoms with Crippen LogP contribution < -0.4 is 5.32 Å². The molecule has 0 aromatic carbocycles. The van der Waals surface area contributed by atoms with E-state index in [9.17, 15) is 9.59 Å². The monoisotopic (exact) mass is 405 g/mol. The third-order valence-corrected chi connectivity index (χ3v) is 6.61. The molecule has 1 saturated heterocycles. The fourth-order valence-corrected chi connectivity index (χ4v) is 5.09. The number of amides is 2. The summed E-state index contributed by atoms with van der Waals surface area (Å²) in [5.74, 6) is 2.27. The van der Waals surface area contributed by atoms with Gasteiger partial charge in [0, 0.05) is 29.7 Å². The number of hydrogen-bond acceptors (Lipinski definition) is 3. The van der Waals surface area contributed by atoms with Crippen molar-refractivity contribution in [1.29, 1.82) is 0 Å². The van der Waals surface area contributed by atoms with Gasteiger partial charge in [0.15, 0.2) is 0 Å². The van der Waals surface area contributed by atoms with Crippen molar-refractivity contribution in [3.8, 4) is 0 Å². The molecule has 1 aromatic heterocycles. The van der Waals surface area contributed by atoms with Crippen LogP contribution in [0.15, 0.2) is 22.8 Å². The molecule has 0 radical (unpaired) electrons. The number of nitrogens with zero attached hydrogens (tertiary/aromatic N) is 2. The van der Waals surface area contributed by atoms with E-state index in [2.05, 4.69) is 26.2 Å². The second-order valence-electron chi connectivity index (χ2n) is 7.76. The Labute approximate surface area is 156 Å². The number of fused-ring (bicyclic) bond motifs is 2. The van der Waals surface area contributed by atoms with Crippen molar-refractivity contribution in [1.82, 2.24) is 9.88 Å². The molecular formula is C19H24BrN3O2. The van der Waals surface area contributed by atoms with E-state index in [0.717, 1.165) is 36.2 Å². The van der Waals surface area contributed by atoms with Crippen LogP contribution in [-0.4, -0.2) is 34.8 Å². The molecule has 2 amide bonds. The maximum absolute atomic E-state index is 12.9. The average Bonchev–Trinajstić information content (AvgIpc) is 3.26. The molecule has 5 nitrogen and oxygen atoms in total. The number of rotatable bonds is 3. The standard InChI is InChI=1S/C19H24BrN3O2/c20-15-5-6-17(21-10-15)22-18(24)14-2-1-7-23(11-14)19(25)16-9-12-3-4-13(16)8-12/h5-6,10,12-14,16H,1-4,7-9,11H2,(H,21,22,24). The summed E-state index contributed by atoms with van der Waals surface area (Å²) in [5.41, 5.74) is 0. The van der Waals surface area contributed by atoms with Gasteiger partial charge in [0.25, 0.3) is 0 Å². The van der Waals surface area contributed by atoms with E-state index in [1.54, 1.807) is 12.3 Å². The molecule has 0 spiro atoms. The van der Waals surface area contributed by atoms with Gasteiger partial charge in [-0.25, -0.2) is 4.98 Å². The molecule has 1 aromatic rings. The molecule has 25 heavy (non-hydrogen) atoms. The van der Waals surface area contributed by atoms with E-state index in [1.165, 1.54) is 19.3 Å². The van der Waals surface area contributed by atoms with Crippen molar-refractivity contribution in [3.63, 3.8) is 0 Å². The normalized spacial score (nSPS) is 31.2. The molecule has 2 saturated carbocycles. The highest BCUT2D eigenvalue weighted by Crippen LogP contribution is 2.49. The molecule has 1 N–H and O–H groups in total. The summed E-state index contributed by atoms with van der Waals surface area (Å²) in [5, 5.41) is 2.89. The van der Waals surface area contributed by atoms with Crippen LogP contribution in [0, 0.1) is 23.7 Å². The van der Waals surface area contributed by atoms with Crippen molar-refractivity contribution in [2.24, 2.45) is 23.7 Å². The second kappa shape index (κ2) is 7.06. The minimum atomic E-state index is -0.137. The molecule has 4 atom stereocenters. The summed E-state index contributed by atoms with van der Waals surface area (Å²) >= 11 is 3.34. The molecule has 3 fully saturated rings. The van der Waals surface area contributed by atoms with Gasteiger partial charge in [0.1, 0.15) is 5.82 Å². The lowest BCUT2D eigenvalue weighted by molar-refractivity contribution is -0.140. The van der Waals surface area contributed by atoms with Crippen molar-refractivity contribution >= 4 is 33.6 Å². The van der Waals surface area contributed by atoms with E-state index in [4.69, 9.17) is 0 Å². The Morgan fingerprint density at radius 2 is 2.08 bits per heavy atom. The predicted molar refractivity (Wildman–Crippen MR) is 98.8 cm³/mol. The molecule has 4 unspecified atom stereocenters. The van der Waals surface area contributed by atoms with Gasteiger partial charge in [-0.05, 0) is 72.0 Å². The number of halogens is 1. The highest BCUT2D eigenvalue weighted by Gasteiger charge is 2.45. The van der Waals surface area contributed by atoms with E-state index in [-0.39, 0.29) is 17.7 Å². The smallest absolute Gasteiger partial charge is 0.230 e. The number of hydrogen-bond donors (Lipinski definition) is 1. The molecule has 134 valence electrons. The molecule has 1 aliphatic heterocycles. The van der Waals surface area contributed by atoms with Gasteiger partial charge in [0.05, 0.1) is 5.92 Å². The summed E-state index contributed by atoms with van der Waals surface area (Å²) in [4.78, 5) is 31.6. The van der Waals surface area contributed by atoms with Gasteiger partial charge in [-0.2, -0.15) is 0 Å². The number of nitrogens with one attached hydrogen (secondary N) is 1. The van der Waals surface area contributed by atoms with Crippen LogP contribution in [0.3, 0.4) is 0 Å². The number of carbonyl (C=O) groups is 2. The molecule has 6 heteroatoms. The van der Waals surface area contributed by atoms with Crippen molar-refractivity contribution in [2.45, 2.75) is 38.5 Å². The Morgan fingerprint density at radius 1 is 1.20 bits per heavy atom. The number of aromatic nitrogens is 1. The molecule has 4 rings (SSSR count). The minimum absolute atomic E-state index is 0.0275. The summed E-state index contributed by atoms with van der Waals surface area (Å²) in [6.45, 7) is 1.35. The van der Waals surface area contributed by atoms with Crippen LogP contribution in [-0.2, 0) is 9.59 Å². The molecule has 3 aliphatic rings. The zero-order chi connectivity index (χ0) is 17.4. The molecular weight excluding hydrogens is 382 g/mol. The first-order valence-electron chi connectivity index (χ1n) is 9.31. The fraction of sp³-hybridized carbons (Fsp3) is 0.632. The second-order valence-corrected chi connectivity index (χ2v) is 8.67. The van der Waals surface area contributed by atoms with Crippen LogP contribution in [0.1, 0.15) is 38.5 Å². The summed E-state index contributed by atoms with van der Waals surface area (Å²) in [6.07, 6.45) is 8.24. The van der Waals surface area contributed by atoms with Gasteiger partial charge in [-0.3, -0.25) is 9.59 Å². The van der Waals surface area contributed by atoms with Crippen molar-refractivity contribution in [3.05, 3.63) is 22.8 Å². The van der Waals surface area contributed by atoms with Crippen LogP contribution in [0.25, 0.3) is 0 Å². The Kier molecular flexibility index (Phi) is 4.80. The van der Waals surface area contributed by atoms with Crippen LogP contribution in [0.5, 0.6) is 0 Å². The first-order valence-corrected chi connectivity index (χ1v) is 10.1. The largest absolute Gasteiger partial charge is 0.342 e. The average molecular weight is 406 g/mol. The van der Waals surface area contributed by atoms with Crippen LogP contribution in [0.2, 0.25) is 0 Å². The van der Waals surface area contributed by atoms with Gasteiger partial charge in [-0.15, -0.1) is 0 Å². The third-order valence-electron chi connectivity index (χ3n) is 6.14. The Morgan fingerprint density at radius 3 is 2.76 bits per heavy atom. The molecule has 2 heterocycles. The van der Waals surface area contributed by atoms with Gasteiger partial charge in [-0.1, -0.05) is 6.42 Å². The highest BCUT2D eigenvalue weighted by atomic mass is 79.9. The Balaban J connectivity index is 1.36. The topological polar surface area (TPSA) is 62.3 Å². The first kappa shape index (κ1) is 17.0. The summed E-state index contributed by atoms with van der Waals surface area (Å²) < 4.78 is 0.880. The minimum Gasteiger partial charge on any atom is -0.342 e. The van der Waals surface area contributed by atoms with Crippen LogP contribution in [0.4, 0.5) is 5.82 Å². The zero-order valence-corrected chi connectivity index (χ0v) is 15.9. The SMILES string of the molecule is O=C(Nc1ccc(Br)cn1)C1CCCN(C(=O)C2CC3CCC2C3)C1. The number of piperidine rings is 1. The van der Waals surface area contributed by atoms with Gasteiger partial charge < -0.3 is 10.2 Å². The van der Waals surface area contributed by atoms with E-state index in [1.807, 2.05) is 11.0 Å². The van der Waals surface area contributed by atoms with Crippen molar-refractivity contribution < 1.29 is 9.59 Å². The number of carbonyl (C=O) groups excluding carboxylic acids is 2. The van der Waals surface area contributed by atoms with Gasteiger partial charge in [0.2, 0.25) is 11.8 Å². The Hall–Kier alpha value is -1.43. The predicted octanol–water partition coefficient (Wildman–Crippen LogP) is 3.46. The number of anilines is 1. The maximum Gasteiger partial charge on any atom is 0.230 e. The summed E-state index contributed by atoms with van der Waals surface area (Å²) in [6, 6.07) is 3.64. The number of likely N-dealkylation sites (tertiary alicyclic amines) is 1.